The van der Waals surface area contributed by atoms with Crippen LogP contribution >= 0.6 is 0 Å². The Morgan fingerprint density at radius 1 is 0.917 bits per heavy atom. The Morgan fingerprint density at radius 2 is 1.67 bits per heavy atom. The number of pyridine rings is 1. The Labute approximate surface area is 210 Å². The minimum Gasteiger partial charge on any atom is -0.497 e. The van der Waals surface area contributed by atoms with Gasteiger partial charge in [0, 0.05) is 62.9 Å². The molecule has 0 radical (unpaired) electrons. The summed E-state index contributed by atoms with van der Waals surface area (Å²) in [6.07, 6.45) is 5.45. The minimum atomic E-state index is -0.0337. The van der Waals surface area contributed by atoms with Crippen LogP contribution in [0, 0.1) is 0 Å². The molecule has 0 N–H and O–H groups in total. The number of carbonyl (C=O) groups is 1. The molecule has 8 heteroatoms. The summed E-state index contributed by atoms with van der Waals surface area (Å²) in [6.45, 7) is 3.77. The van der Waals surface area contributed by atoms with Gasteiger partial charge in [0.1, 0.15) is 17.2 Å². The van der Waals surface area contributed by atoms with E-state index in [0.29, 0.717) is 35.8 Å². The van der Waals surface area contributed by atoms with Crippen LogP contribution in [0.1, 0.15) is 15.9 Å². The summed E-state index contributed by atoms with van der Waals surface area (Å²) in [4.78, 5) is 22.2. The van der Waals surface area contributed by atoms with Gasteiger partial charge < -0.3 is 14.4 Å². The maximum Gasteiger partial charge on any atom is 0.257 e. The number of piperazine rings is 1. The van der Waals surface area contributed by atoms with E-state index in [-0.39, 0.29) is 5.91 Å². The number of carbonyl (C=O) groups excluding carboxylic acids is 1. The van der Waals surface area contributed by atoms with E-state index in [2.05, 4.69) is 9.88 Å². The summed E-state index contributed by atoms with van der Waals surface area (Å²) in [7, 11) is 3.22. The van der Waals surface area contributed by atoms with Gasteiger partial charge in [-0.05, 0) is 42.0 Å². The largest absolute Gasteiger partial charge is 0.497 e. The van der Waals surface area contributed by atoms with Gasteiger partial charge in [-0.15, -0.1) is 0 Å². The SMILES string of the molecule is COc1ccc(-c2nn(-c3ccccc3)cc2C(=O)N2CCN(Cc3ccncc3)CC2)c(OC)c1. The van der Waals surface area contributed by atoms with Crippen LogP contribution in [-0.2, 0) is 6.54 Å². The van der Waals surface area contributed by atoms with Crippen molar-refractivity contribution in [3.8, 4) is 28.4 Å². The third-order valence-corrected chi connectivity index (χ3v) is 6.44. The summed E-state index contributed by atoms with van der Waals surface area (Å²) in [5, 5.41) is 4.83. The molecule has 8 nitrogen and oxygen atoms in total. The second-order valence-corrected chi connectivity index (χ2v) is 8.66. The maximum atomic E-state index is 13.8. The first-order valence-electron chi connectivity index (χ1n) is 11.9. The fourth-order valence-corrected chi connectivity index (χ4v) is 4.46. The van der Waals surface area contributed by atoms with Gasteiger partial charge in [-0.3, -0.25) is 14.7 Å². The van der Waals surface area contributed by atoms with Gasteiger partial charge in [0.2, 0.25) is 0 Å². The molecule has 0 unspecified atom stereocenters. The van der Waals surface area contributed by atoms with E-state index in [1.54, 1.807) is 18.9 Å². The summed E-state index contributed by atoms with van der Waals surface area (Å²) in [5.74, 6) is 1.24. The number of hydrogen-bond donors (Lipinski definition) is 0. The Balaban J connectivity index is 1.43. The summed E-state index contributed by atoms with van der Waals surface area (Å²) in [5.41, 5.74) is 3.98. The van der Waals surface area contributed by atoms with Crippen LogP contribution in [0.4, 0.5) is 0 Å². The second-order valence-electron chi connectivity index (χ2n) is 8.66. The smallest absolute Gasteiger partial charge is 0.257 e. The monoisotopic (exact) mass is 483 g/mol. The van der Waals surface area contributed by atoms with Crippen LogP contribution in [-0.4, -0.2) is 70.9 Å². The average molecular weight is 484 g/mol. The zero-order valence-corrected chi connectivity index (χ0v) is 20.5. The van der Waals surface area contributed by atoms with E-state index < -0.39 is 0 Å². The van der Waals surface area contributed by atoms with Crippen molar-refractivity contribution in [1.29, 1.82) is 0 Å². The molecule has 0 spiro atoms. The van der Waals surface area contributed by atoms with Gasteiger partial charge in [0.15, 0.2) is 0 Å². The predicted molar refractivity (Wildman–Crippen MR) is 138 cm³/mol. The van der Waals surface area contributed by atoms with Gasteiger partial charge in [0.05, 0.1) is 25.5 Å². The Bertz CT molecular complexity index is 1320. The molecule has 3 heterocycles. The van der Waals surface area contributed by atoms with Crippen LogP contribution < -0.4 is 9.47 Å². The highest BCUT2D eigenvalue weighted by atomic mass is 16.5. The van der Waals surface area contributed by atoms with Crippen molar-refractivity contribution in [2.24, 2.45) is 0 Å². The Kier molecular flexibility index (Phi) is 6.95. The van der Waals surface area contributed by atoms with Crippen molar-refractivity contribution in [3.63, 3.8) is 0 Å². The number of ether oxygens (including phenoxy) is 2. The summed E-state index contributed by atoms with van der Waals surface area (Å²) < 4.78 is 12.8. The lowest BCUT2D eigenvalue weighted by Gasteiger charge is -2.34. The molecule has 36 heavy (non-hydrogen) atoms. The fraction of sp³-hybridized carbons (Fsp3) is 0.250. The molecule has 0 bridgehead atoms. The van der Waals surface area contributed by atoms with Crippen molar-refractivity contribution in [1.82, 2.24) is 24.6 Å². The molecule has 0 saturated carbocycles. The first kappa shape index (κ1) is 23.6. The highest BCUT2D eigenvalue weighted by molar-refractivity contribution is 6.00. The van der Waals surface area contributed by atoms with Gasteiger partial charge in [-0.1, -0.05) is 18.2 Å². The molecule has 1 amide bonds. The minimum absolute atomic E-state index is 0.0337. The number of rotatable bonds is 7. The maximum absolute atomic E-state index is 13.8. The molecule has 1 aliphatic rings. The van der Waals surface area contributed by atoms with Crippen LogP contribution in [0.25, 0.3) is 16.9 Å². The second kappa shape index (κ2) is 10.6. The zero-order chi connectivity index (χ0) is 24.9. The van der Waals surface area contributed by atoms with E-state index in [9.17, 15) is 4.79 Å². The molecular formula is C28H29N5O3. The van der Waals surface area contributed by atoms with E-state index in [4.69, 9.17) is 14.6 Å². The molecular weight excluding hydrogens is 454 g/mol. The lowest BCUT2D eigenvalue weighted by atomic mass is 10.1. The Morgan fingerprint density at radius 3 is 2.36 bits per heavy atom. The summed E-state index contributed by atoms with van der Waals surface area (Å²) >= 11 is 0. The number of hydrogen-bond acceptors (Lipinski definition) is 6. The highest BCUT2D eigenvalue weighted by Gasteiger charge is 2.28. The number of nitrogens with zero attached hydrogens (tertiary/aromatic N) is 5. The predicted octanol–water partition coefficient (Wildman–Crippen LogP) is 3.91. The molecule has 2 aromatic carbocycles. The molecule has 2 aromatic heterocycles. The van der Waals surface area contributed by atoms with Crippen LogP contribution in [0.2, 0.25) is 0 Å². The van der Waals surface area contributed by atoms with E-state index in [0.717, 1.165) is 30.9 Å². The number of para-hydroxylation sites is 1. The van der Waals surface area contributed by atoms with Crippen molar-refractivity contribution < 1.29 is 14.3 Å². The Hall–Kier alpha value is -4.17. The van der Waals surface area contributed by atoms with E-state index >= 15 is 0 Å². The van der Waals surface area contributed by atoms with Gasteiger partial charge in [0.25, 0.3) is 5.91 Å². The molecule has 1 aliphatic heterocycles. The van der Waals surface area contributed by atoms with Gasteiger partial charge in [-0.2, -0.15) is 5.10 Å². The molecule has 184 valence electrons. The number of aromatic nitrogens is 3. The van der Waals surface area contributed by atoms with Gasteiger partial charge >= 0.3 is 0 Å². The quantitative estimate of drug-likeness (QED) is 0.397. The van der Waals surface area contributed by atoms with Crippen LogP contribution in [0.5, 0.6) is 11.5 Å². The molecule has 5 rings (SSSR count). The van der Waals surface area contributed by atoms with Crippen molar-refractivity contribution in [2.45, 2.75) is 6.54 Å². The van der Waals surface area contributed by atoms with Gasteiger partial charge in [-0.25, -0.2) is 4.68 Å². The average Bonchev–Trinajstić information content (AvgIpc) is 3.39. The fourth-order valence-electron chi connectivity index (χ4n) is 4.46. The number of amides is 1. The van der Waals surface area contributed by atoms with Crippen molar-refractivity contribution in [3.05, 3.63) is 90.4 Å². The van der Waals surface area contributed by atoms with Crippen molar-refractivity contribution >= 4 is 5.91 Å². The molecule has 0 aliphatic carbocycles. The zero-order valence-electron chi connectivity index (χ0n) is 20.5. The highest BCUT2D eigenvalue weighted by Crippen LogP contribution is 2.35. The van der Waals surface area contributed by atoms with Crippen molar-refractivity contribution in [2.75, 3.05) is 40.4 Å². The molecule has 4 aromatic rings. The number of methoxy groups -OCH3 is 2. The van der Waals surface area contributed by atoms with Crippen LogP contribution in [0.3, 0.4) is 0 Å². The third kappa shape index (κ3) is 4.94. The summed E-state index contributed by atoms with van der Waals surface area (Å²) in [6, 6.07) is 19.4. The topological polar surface area (TPSA) is 72.7 Å². The molecule has 1 saturated heterocycles. The third-order valence-electron chi connectivity index (χ3n) is 6.44. The number of benzene rings is 2. The lowest BCUT2D eigenvalue weighted by Crippen LogP contribution is -2.48. The lowest BCUT2D eigenvalue weighted by molar-refractivity contribution is 0.0629. The van der Waals surface area contributed by atoms with E-state index in [1.165, 1.54) is 5.56 Å². The normalized spacial score (nSPS) is 14.0. The van der Waals surface area contributed by atoms with Crippen LogP contribution in [0.15, 0.2) is 79.3 Å². The first-order valence-corrected chi connectivity index (χ1v) is 11.9. The van der Waals surface area contributed by atoms with E-state index in [1.807, 2.05) is 84.2 Å². The standard InChI is InChI=1S/C28H29N5O3/c1-35-23-8-9-24(26(18-23)36-2)27-25(20-33(30-27)22-6-4-3-5-7-22)28(34)32-16-14-31(15-17-32)19-21-10-12-29-13-11-21/h3-13,18,20H,14-17,19H2,1-2H3. The molecule has 0 atom stereocenters. The molecule has 1 fully saturated rings. The first-order chi connectivity index (χ1) is 17.7.